The number of hydrogen-bond acceptors (Lipinski definition) is 2. The largest absolute Gasteiger partial charge is 0.393 e. The van der Waals surface area contributed by atoms with Gasteiger partial charge >= 0.3 is 0 Å². The fraction of sp³-hybridized carbons (Fsp3) is 0.818. The maximum absolute atomic E-state index is 8.97. The molecule has 0 fully saturated rings. The van der Waals surface area contributed by atoms with Gasteiger partial charge in [-0.2, -0.15) is 0 Å². The average Bonchev–Trinajstić information content (AvgIpc) is 2.00. The molecule has 0 rings (SSSR count). The minimum Gasteiger partial charge on any atom is -0.393 e. The van der Waals surface area contributed by atoms with E-state index in [0.717, 1.165) is 0 Å². The lowest BCUT2D eigenvalue weighted by atomic mass is 10.1. The van der Waals surface area contributed by atoms with E-state index in [9.17, 15) is 0 Å². The molecule has 0 aromatic carbocycles. The van der Waals surface area contributed by atoms with Gasteiger partial charge in [-0.25, -0.2) is 0 Å². The molecule has 0 saturated heterocycles. The van der Waals surface area contributed by atoms with Crippen molar-refractivity contribution in [2.24, 2.45) is 5.92 Å². The van der Waals surface area contributed by atoms with Crippen molar-refractivity contribution in [3.63, 3.8) is 0 Å². The van der Waals surface area contributed by atoms with Crippen molar-refractivity contribution in [3.8, 4) is 0 Å². The van der Waals surface area contributed by atoms with Gasteiger partial charge in [0.15, 0.2) is 0 Å². The van der Waals surface area contributed by atoms with E-state index in [0.29, 0.717) is 5.92 Å². The Morgan fingerprint density at radius 3 is 2.15 bits per heavy atom. The van der Waals surface area contributed by atoms with E-state index in [4.69, 9.17) is 9.84 Å². The Morgan fingerprint density at radius 1 is 1.23 bits per heavy atom. The highest BCUT2D eigenvalue weighted by Crippen LogP contribution is 2.12. The molecule has 0 bridgehead atoms. The molecule has 78 valence electrons. The summed E-state index contributed by atoms with van der Waals surface area (Å²) in [5.74, 6) is 0.545. The Labute approximate surface area is 81.6 Å². The Bertz CT molecular complexity index is 159. The second kappa shape index (κ2) is 5.40. The SMILES string of the molecule is CC(C)C=CC(C)OC(C)(C)CO. The minimum absolute atomic E-state index is 0.0485. The lowest BCUT2D eigenvalue weighted by Crippen LogP contribution is -2.32. The van der Waals surface area contributed by atoms with Crippen molar-refractivity contribution in [3.05, 3.63) is 12.2 Å². The van der Waals surface area contributed by atoms with Gasteiger partial charge in [0.05, 0.1) is 18.3 Å². The molecule has 13 heavy (non-hydrogen) atoms. The summed E-state index contributed by atoms with van der Waals surface area (Å²) in [6.45, 7) is 10.0. The standard InChI is InChI=1S/C11H22O2/c1-9(2)6-7-10(3)13-11(4,5)8-12/h6-7,9-10,12H,8H2,1-5H3. The van der Waals surface area contributed by atoms with E-state index >= 15 is 0 Å². The summed E-state index contributed by atoms with van der Waals surface area (Å²) in [6, 6.07) is 0. The van der Waals surface area contributed by atoms with Gasteiger partial charge in [0.1, 0.15) is 0 Å². The van der Waals surface area contributed by atoms with Crippen molar-refractivity contribution in [1.82, 2.24) is 0 Å². The zero-order valence-electron chi connectivity index (χ0n) is 9.37. The average molecular weight is 186 g/mol. The number of ether oxygens (including phenoxy) is 1. The Kier molecular flexibility index (Phi) is 5.26. The number of aliphatic hydroxyl groups is 1. The van der Waals surface area contributed by atoms with E-state index in [2.05, 4.69) is 19.9 Å². The van der Waals surface area contributed by atoms with Crippen LogP contribution >= 0.6 is 0 Å². The molecule has 0 aliphatic heterocycles. The van der Waals surface area contributed by atoms with Gasteiger partial charge in [0.25, 0.3) is 0 Å². The molecule has 0 heterocycles. The second-order valence-corrected chi connectivity index (χ2v) is 4.37. The van der Waals surface area contributed by atoms with Gasteiger partial charge in [-0.05, 0) is 26.7 Å². The van der Waals surface area contributed by atoms with Crippen LogP contribution in [0.25, 0.3) is 0 Å². The van der Waals surface area contributed by atoms with Crippen LogP contribution in [0.3, 0.4) is 0 Å². The van der Waals surface area contributed by atoms with Crippen molar-refractivity contribution < 1.29 is 9.84 Å². The van der Waals surface area contributed by atoms with E-state index < -0.39 is 5.60 Å². The smallest absolute Gasteiger partial charge is 0.0864 e. The predicted octanol–water partition coefficient (Wildman–Crippen LogP) is 2.37. The van der Waals surface area contributed by atoms with Crippen LogP contribution < -0.4 is 0 Å². The molecule has 0 aliphatic rings. The summed E-state index contributed by atoms with van der Waals surface area (Å²) < 4.78 is 5.60. The van der Waals surface area contributed by atoms with Crippen LogP contribution in [0.2, 0.25) is 0 Å². The van der Waals surface area contributed by atoms with Crippen LogP contribution in [0.4, 0.5) is 0 Å². The van der Waals surface area contributed by atoms with Crippen molar-refractivity contribution >= 4 is 0 Å². The van der Waals surface area contributed by atoms with Crippen molar-refractivity contribution in [2.75, 3.05) is 6.61 Å². The highest BCUT2D eigenvalue weighted by atomic mass is 16.5. The maximum atomic E-state index is 8.97. The van der Waals surface area contributed by atoms with E-state index in [-0.39, 0.29) is 12.7 Å². The third kappa shape index (κ3) is 6.79. The van der Waals surface area contributed by atoms with Crippen LogP contribution in [-0.2, 0) is 4.74 Å². The van der Waals surface area contributed by atoms with Gasteiger partial charge in [0.2, 0.25) is 0 Å². The van der Waals surface area contributed by atoms with Crippen LogP contribution in [-0.4, -0.2) is 23.4 Å². The fourth-order valence-corrected chi connectivity index (χ4v) is 0.958. The molecule has 0 aromatic heterocycles. The van der Waals surface area contributed by atoms with Crippen LogP contribution in [0.15, 0.2) is 12.2 Å². The summed E-state index contributed by atoms with van der Waals surface area (Å²) in [4.78, 5) is 0. The first-order chi connectivity index (χ1) is 5.87. The molecule has 0 saturated carbocycles. The molecule has 0 amide bonds. The van der Waals surface area contributed by atoms with Crippen molar-refractivity contribution in [2.45, 2.75) is 46.3 Å². The number of hydrogen-bond donors (Lipinski definition) is 1. The number of rotatable bonds is 5. The first-order valence-electron chi connectivity index (χ1n) is 4.84. The summed E-state index contributed by atoms with van der Waals surface area (Å²) in [6.07, 6.45) is 4.20. The van der Waals surface area contributed by atoms with E-state index in [1.807, 2.05) is 26.8 Å². The molecule has 1 unspecified atom stereocenters. The van der Waals surface area contributed by atoms with E-state index in [1.165, 1.54) is 0 Å². The molecule has 2 heteroatoms. The van der Waals surface area contributed by atoms with Crippen LogP contribution in [0.5, 0.6) is 0 Å². The molecule has 0 spiro atoms. The molecule has 0 radical (unpaired) electrons. The molecule has 1 N–H and O–H groups in total. The topological polar surface area (TPSA) is 29.5 Å². The Balaban J connectivity index is 3.93. The second-order valence-electron chi connectivity index (χ2n) is 4.37. The third-order valence-electron chi connectivity index (χ3n) is 1.65. The molecular weight excluding hydrogens is 164 g/mol. The first kappa shape index (κ1) is 12.7. The molecule has 0 aliphatic carbocycles. The summed E-state index contributed by atoms with van der Waals surface area (Å²) in [7, 11) is 0. The highest BCUT2D eigenvalue weighted by Gasteiger charge is 2.18. The summed E-state index contributed by atoms with van der Waals surface area (Å²) in [5.41, 5.74) is -0.444. The van der Waals surface area contributed by atoms with Gasteiger partial charge in [-0.1, -0.05) is 26.0 Å². The van der Waals surface area contributed by atoms with Gasteiger partial charge in [-0.3, -0.25) is 0 Å². The lowest BCUT2D eigenvalue weighted by molar-refractivity contribution is -0.0745. The van der Waals surface area contributed by atoms with Crippen molar-refractivity contribution in [1.29, 1.82) is 0 Å². The normalized spacial score (nSPS) is 15.6. The lowest BCUT2D eigenvalue weighted by Gasteiger charge is -2.25. The summed E-state index contributed by atoms with van der Waals surface area (Å²) in [5, 5.41) is 8.97. The Morgan fingerprint density at radius 2 is 1.77 bits per heavy atom. The summed E-state index contributed by atoms with van der Waals surface area (Å²) >= 11 is 0. The minimum atomic E-state index is -0.444. The quantitative estimate of drug-likeness (QED) is 0.668. The van der Waals surface area contributed by atoms with Gasteiger partial charge in [0, 0.05) is 0 Å². The molecule has 1 atom stereocenters. The third-order valence-corrected chi connectivity index (χ3v) is 1.65. The monoisotopic (exact) mass is 186 g/mol. The highest BCUT2D eigenvalue weighted by molar-refractivity contribution is 4.90. The zero-order chi connectivity index (χ0) is 10.5. The number of allylic oxidation sites excluding steroid dienone is 1. The Hall–Kier alpha value is -0.340. The number of aliphatic hydroxyl groups excluding tert-OH is 1. The van der Waals surface area contributed by atoms with Crippen LogP contribution in [0, 0.1) is 5.92 Å². The van der Waals surface area contributed by atoms with Gasteiger partial charge < -0.3 is 9.84 Å². The fourth-order valence-electron chi connectivity index (χ4n) is 0.958. The molecular formula is C11H22O2. The van der Waals surface area contributed by atoms with E-state index in [1.54, 1.807) is 0 Å². The maximum Gasteiger partial charge on any atom is 0.0864 e. The zero-order valence-corrected chi connectivity index (χ0v) is 9.37. The van der Waals surface area contributed by atoms with Gasteiger partial charge in [-0.15, -0.1) is 0 Å². The first-order valence-corrected chi connectivity index (χ1v) is 4.84. The molecule has 0 aromatic rings. The predicted molar refractivity (Wildman–Crippen MR) is 55.7 cm³/mol. The molecule has 2 nitrogen and oxygen atoms in total. The van der Waals surface area contributed by atoms with Crippen LogP contribution in [0.1, 0.15) is 34.6 Å².